The monoisotopic (exact) mass is 503 g/mol. The van der Waals surface area contributed by atoms with E-state index in [0.29, 0.717) is 41.1 Å². The molecule has 1 fully saturated rings. The predicted molar refractivity (Wildman–Crippen MR) is 138 cm³/mol. The zero-order valence-corrected chi connectivity index (χ0v) is 21.5. The fourth-order valence-corrected chi connectivity index (χ4v) is 4.51. The summed E-state index contributed by atoms with van der Waals surface area (Å²) in [6.45, 7) is 8.53. The van der Waals surface area contributed by atoms with Crippen molar-refractivity contribution >= 4 is 17.6 Å². The molecule has 0 unspecified atom stereocenters. The minimum Gasteiger partial charge on any atom is -0.462 e. The highest BCUT2D eigenvalue weighted by molar-refractivity contribution is 5.92. The molecule has 3 aromatic heterocycles. The first-order valence-electron chi connectivity index (χ1n) is 12.6. The van der Waals surface area contributed by atoms with Crippen LogP contribution in [0, 0.1) is 25.6 Å². The van der Waals surface area contributed by atoms with Crippen molar-refractivity contribution < 1.29 is 13.9 Å². The lowest BCUT2D eigenvalue weighted by atomic mass is 10.1. The Balaban J connectivity index is 1.52. The van der Waals surface area contributed by atoms with Gasteiger partial charge < -0.3 is 10.1 Å². The van der Waals surface area contributed by atoms with Crippen LogP contribution in [0.3, 0.4) is 0 Å². The molecule has 0 saturated heterocycles. The Morgan fingerprint density at radius 2 is 1.89 bits per heavy atom. The number of aromatic nitrogens is 6. The highest BCUT2D eigenvalue weighted by Gasteiger charge is 2.27. The summed E-state index contributed by atoms with van der Waals surface area (Å²) >= 11 is 0. The number of nitrogens with one attached hydrogen (secondary N) is 1. The maximum atomic E-state index is 13.6. The fraction of sp³-hybridized carbons (Fsp3) is 0.370. The summed E-state index contributed by atoms with van der Waals surface area (Å²) in [6.07, 6.45) is 4.57. The molecule has 192 valence electrons. The standard InChI is InChI=1S/C27H30FN7O2/c1-5-21-25(19-9-11-20(28)12-10-19)33-34(14-18-7-8-18)26(21)31-22-13-23(30-15-29-22)35-17(4)24(16(3)32-35)27(36)37-6-2/h9-13,15,18H,5-8,14H2,1-4H3,(H,29,30,31). The average molecular weight is 504 g/mol. The van der Waals surface area contributed by atoms with E-state index in [0.717, 1.165) is 35.6 Å². The van der Waals surface area contributed by atoms with Crippen molar-refractivity contribution in [2.75, 3.05) is 11.9 Å². The van der Waals surface area contributed by atoms with Gasteiger partial charge in [-0.05, 0) is 70.2 Å². The third-order valence-electron chi connectivity index (χ3n) is 6.54. The van der Waals surface area contributed by atoms with E-state index >= 15 is 0 Å². The lowest BCUT2D eigenvalue weighted by Gasteiger charge is -2.12. The lowest BCUT2D eigenvalue weighted by Crippen LogP contribution is -2.10. The zero-order chi connectivity index (χ0) is 26.1. The summed E-state index contributed by atoms with van der Waals surface area (Å²) in [7, 11) is 0. The number of hydrogen-bond acceptors (Lipinski definition) is 7. The van der Waals surface area contributed by atoms with E-state index in [1.807, 2.05) is 11.6 Å². The largest absolute Gasteiger partial charge is 0.462 e. The first kappa shape index (κ1) is 24.6. The molecule has 0 radical (unpaired) electrons. The highest BCUT2D eigenvalue weighted by atomic mass is 19.1. The maximum absolute atomic E-state index is 13.6. The number of ether oxygens (including phenoxy) is 1. The molecule has 0 bridgehead atoms. The second-order valence-corrected chi connectivity index (χ2v) is 9.23. The molecule has 1 N–H and O–H groups in total. The Morgan fingerprint density at radius 1 is 1.14 bits per heavy atom. The van der Waals surface area contributed by atoms with Gasteiger partial charge in [-0.3, -0.25) is 0 Å². The Bertz CT molecular complexity index is 1440. The van der Waals surface area contributed by atoms with Crippen molar-refractivity contribution in [1.29, 1.82) is 0 Å². The third kappa shape index (κ3) is 4.96. The summed E-state index contributed by atoms with van der Waals surface area (Å²) < 4.78 is 22.4. The molecule has 4 aromatic rings. The van der Waals surface area contributed by atoms with Crippen LogP contribution in [0.25, 0.3) is 17.1 Å². The number of nitrogens with zero attached hydrogens (tertiary/aromatic N) is 6. The van der Waals surface area contributed by atoms with Gasteiger partial charge >= 0.3 is 5.97 Å². The Hall–Kier alpha value is -4.08. The van der Waals surface area contributed by atoms with Gasteiger partial charge in [-0.1, -0.05) is 6.92 Å². The van der Waals surface area contributed by atoms with Crippen LogP contribution < -0.4 is 5.32 Å². The molecule has 1 aliphatic carbocycles. The Morgan fingerprint density at radius 3 is 2.57 bits per heavy atom. The molecule has 0 spiro atoms. The van der Waals surface area contributed by atoms with Gasteiger partial charge in [-0.15, -0.1) is 0 Å². The lowest BCUT2D eigenvalue weighted by molar-refractivity contribution is 0.0524. The first-order valence-corrected chi connectivity index (χ1v) is 12.6. The number of hydrogen-bond donors (Lipinski definition) is 1. The number of carbonyl (C=O) groups excluding carboxylic acids is 1. The molecule has 9 nitrogen and oxygen atoms in total. The van der Waals surface area contributed by atoms with E-state index in [1.54, 1.807) is 36.7 Å². The number of benzene rings is 1. The molecule has 37 heavy (non-hydrogen) atoms. The maximum Gasteiger partial charge on any atom is 0.341 e. The summed E-state index contributed by atoms with van der Waals surface area (Å²) in [4.78, 5) is 21.3. The highest BCUT2D eigenvalue weighted by Crippen LogP contribution is 2.36. The minimum atomic E-state index is -0.402. The number of rotatable bonds is 9. The van der Waals surface area contributed by atoms with Crippen LogP contribution in [0.1, 0.15) is 54.0 Å². The zero-order valence-electron chi connectivity index (χ0n) is 21.5. The molecular weight excluding hydrogens is 473 g/mol. The van der Waals surface area contributed by atoms with Crippen molar-refractivity contribution in [1.82, 2.24) is 29.5 Å². The molecule has 1 aliphatic rings. The summed E-state index contributed by atoms with van der Waals surface area (Å²) in [5, 5.41) is 12.9. The second kappa shape index (κ2) is 10.1. The number of aryl methyl sites for hydroxylation is 1. The number of anilines is 2. The van der Waals surface area contributed by atoms with Crippen LogP contribution >= 0.6 is 0 Å². The quantitative estimate of drug-likeness (QED) is 0.314. The minimum absolute atomic E-state index is 0.277. The van der Waals surface area contributed by atoms with Gasteiger partial charge in [0.2, 0.25) is 0 Å². The molecule has 0 atom stereocenters. The number of carbonyl (C=O) groups is 1. The van der Waals surface area contributed by atoms with Gasteiger partial charge in [0.1, 0.15) is 29.3 Å². The van der Waals surface area contributed by atoms with Crippen molar-refractivity contribution in [3.63, 3.8) is 0 Å². The molecular formula is C27H30FN7O2. The van der Waals surface area contributed by atoms with E-state index in [1.165, 1.54) is 31.3 Å². The number of halogens is 1. The SMILES string of the molecule is CCOC(=O)c1c(C)nn(-c2cc(Nc3c(CC)c(-c4ccc(F)cc4)nn3CC3CC3)ncn2)c1C. The average Bonchev–Trinajstić information content (AvgIpc) is 3.57. The van der Waals surface area contributed by atoms with Gasteiger partial charge in [-0.2, -0.15) is 10.2 Å². The summed E-state index contributed by atoms with van der Waals surface area (Å²) in [6, 6.07) is 8.22. The molecule has 0 aliphatic heterocycles. The van der Waals surface area contributed by atoms with Crippen molar-refractivity contribution in [2.45, 2.75) is 53.5 Å². The normalized spacial score (nSPS) is 13.1. The summed E-state index contributed by atoms with van der Waals surface area (Å²) in [5.74, 6) is 1.88. The molecule has 1 saturated carbocycles. The number of esters is 1. The third-order valence-corrected chi connectivity index (χ3v) is 6.54. The molecule has 5 rings (SSSR count). The Labute approximate surface area is 214 Å². The fourth-order valence-electron chi connectivity index (χ4n) is 4.51. The van der Waals surface area contributed by atoms with Crippen molar-refractivity contribution in [3.8, 4) is 17.1 Å². The van der Waals surface area contributed by atoms with Gasteiger partial charge in [0.15, 0.2) is 5.82 Å². The van der Waals surface area contributed by atoms with Crippen molar-refractivity contribution in [3.05, 3.63) is 65.0 Å². The smallest absolute Gasteiger partial charge is 0.341 e. The summed E-state index contributed by atoms with van der Waals surface area (Å²) in [5.41, 5.74) is 4.39. The van der Waals surface area contributed by atoms with Gasteiger partial charge in [0.25, 0.3) is 0 Å². The van der Waals surface area contributed by atoms with Crippen molar-refractivity contribution in [2.24, 2.45) is 5.92 Å². The van der Waals surface area contributed by atoms with Crippen LogP contribution in [0.2, 0.25) is 0 Å². The van der Waals surface area contributed by atoms with E-state index in [4.69, 9.17) is 9.84 Å². The topological polar surface area (TPSA) is 99.8 Å². The van der Waals surface area contributed by atoms with Crippen LogP contribution in [0.4, 0.5) is 16.0 Å². The van der Waals surface area contributed by atoms with E-state index in [-0.39, 0.29) is 5.82 Å². The molecule has 10 heteroatoms. The van der Waals surface area contributed by atoms with Crippen LogP contribution in [0.15, 0.2) is 36.7 Å². The Kier molecular flexibility index (Phi) is 6.73. The van der Waals surface area contributed by atoms with Gasteiger partial charge in [-0.25, -0.2) is 28.5 Å². The van der Waals surface area contributed by atoms with Crippen LogP contribution in [0.5, 0.6) is 0 Å². The molecule has 1 aromatic carbocycles. The van der Waals surface area contributed by atoms with Crippen LogP contribution in [-0.4, -0.2) is 42.1 Å². The van der Waals surface area contributed by atoms with E-state index < -0.39 is 5.97 Å². The van der Waals surface area contributed by atoms with Gasteiger partial charge in [0, 0.05) is 23.7 Å². The van der Waals surface area contributed by atoms with E-state index in [9.17, 15) is 9.18 Å². The molecule has 0 amide bonds. The van der Waals surface area contributed by atoms with E-state index in [2.05, 4.69) is 27.3 Å². The second-order valence-electron chi connectivity index (χ2n) is 9.23. The predicted octanol–water partition coefficient (Wildman–Crippen LogP) is 5.17. The first-order chi connectivity index (χ1) is 17.9. The van der Waals surface area contributed by atoms with Crippen LogP contribution in [-0.2, 0) is 17.7 Å². The van der Waals surface area contributed by atoms with Gasteiger partial charge in [0.05, 0.1) is 23.7 Å². The molecule has 3 heterocycles.